The normalized spacial score (nSPS) is 15.9. The smallest absolute Gasteiger partial charge is 0.272 e. The molecule has 1 aliphatic rings. The molecular formula is C37H49NO8. The van der Waals surface area contributed by atoms with Crippen molar-refractivity contribution in [2.75, 3.05) is 39.6 Å². The van der Waals surface area contributed by atoms with Gasteiger partial charge in [-0.3, -0.25) is 10.0 Å². The van der Waals surface area contributed by atoms with Crippen LogP contribution in [0.5, 0.6) is 23.0 Å². The summed E-state index contributed by atoms with van der Waals surface area (Å²) in [7, 11) is 0. The van der Waals surface area contributed by atoms with Crippen LogP contribution in [-0.4, -0.2) is 56.9 Å². The monoisotopic (exact) mass is 635 g/mol. The number of benzene rings is 3. The van der Waals surface area contributed by atoms with Crippen LogP contribution >= 0.6 is 0 Å². The van der Waals surface area contributed by atoms with Crippen LogP contribution in [0.4, 0.5) is 0 Å². The molecule has 1 atom stereocenters. The van der Waals surface area contributed by atoms with Gasteiger partial charge in [-0.25, -0.2) is 5.48 Å². The molecule has 0 bridgehead atoms. The molecule has 9 nitrogen and oxygen atoms in total. The van der Waals surface area contributed by atoms with E-state index in [0.717, 1.165) is 24.8 Å². The minimum absolute atomic E-state index is 0.0104. The molecule has 1 heterocycles. The Labute approximate surface area is 273 Å². The van der Waals surface area contributed by atoms with Gasteiger partial charge in [0.15, 0.2) is 28.6 Å². The number of amides is 1. The summed E-state index contributed by atoms with van der Waals surface area (Å²) in [6, 6.07) is 24.4. The number of carbonyl (C=O) groups is 1. The van der Waals surface area contributed by atoms with Crippen LogP contribution in [0.3, 0.4) is 0 Å². The number of carbonyl (C=O) groups excluding carboxylic acids is 1. The first kappa shape index (κ1) is 35.1. The van der Waals surface area contributed by atoms with Gasteiger partial charge in [0.05, 0.1) is 13.2 Å². The van der Waals surface area contributed by atoms with Crippen molar-refractivity contribution in [3.05, 3.63) is 84.4 Å². The quantitative estimate of drug-likeness (QED) is 0.115. The highest BCUT2D eigenvalue weighted by Crippen LogP contribution is 2.36. The van der Waals surface area contributed by atoms with E-state index in [0.29, 0.717) is 55.8 Å². The van der Waals surface area contributed by atoms with Crippen molar-refractivity contribution in [1.29, 1.82) is 0 Å². The molecule has 3 aromatic carbocycles. The summed E-state index contributed by atoms with van der Waals surface area (Å²) in [4.78, 5) is 13.1. The SMILES string of the molecule is CCCCCCCCCCC(OC1(c2ccccc2)COc2ccccc2OCCOCCOc2ccccc2OC1)C(=O)NO. The second kappa shape index (κ2) is 19.7. The maximum Gasteiger partial charge on any atom is 0.272 e. The van der Waals surface area contributed by atoms with Gasteiger partial charge in [-0.05, 0) is 36.2 Å². The zero-order valence-electron chi connectivity index (χ0n) is 27.0. The lowest BCUT2D eigenvalue weighted by atomic mass is 9.94. The second-order valence-corrected chi connectivity index (χ2v) is 11.5. The van der Waals surface area contributed by atoms with E-state index < -0.39 is 17.6 Å². The van der Waals surface area contributed by atoms with E-state index in [4.69, 9.17) is 28.4 Å². The summed E-state index contributed by atoms with van der Waals surface area (Å²) in [5.74, 6) is 1.55. The van der Waals surface area contributed by atoms with Gasteiger partial charge in [-0.15, -0.1) is 0 Å². The topological polar surface area (TPSA) is 105 Å². The molecule has 0 aromatic heterocycles. The summed E-state index contributed by atoms with van der Waals surface area (Å²) in [6.45, 7) is 3.61. The van der Waals surface area contributed by atoms with Crippen molar-refractivity contribution in [1.82, 2.24) is 5.48 Å². The molecule has 250 valence electrons. The number of unbranched alkanes of at least 4 members (excludes halogenated alkanes) is 7. The van der Waals surface area contributed by atoms with Gasteiger partial charge in [0.25, 0.3) is 5.91 Å². The molecule has 0 saturated carbocycles. The molecule has 4 rings (SSSR count). The van der Waals surface area contributed by atoms with Gasteiger partial charge < -0.3 is 28.4 Å². The first-order valence-electron chi connectivity index (χ1n) is 16.6. The largest absolute Gasteiger partial charge is 0.487 e. The van der Waals surface area contributed by atoms with E-state index in [-0.39, 0.29) is 13.2 Å². The van der Waals surface area contributed by atoms with Crippen LogP contribution in [-0.2, 0) is 19.9 Å². The number of hydrogen-bond acceptors (Lipinski definition) is 8. The van der Waals surface area contributed by atoms with E-state index in [1.165, 1.54) is 32.1 Å². The minimum atomic E-state index is -1.26. The van der Waals surface area contributed by atoms with Gasteiger partial charge >= 0.3 is 0 Å². The summed E-state index contributed by atoms with van der Waals surface area (Å²) in [5, 5.41) is 9.75. The van der Waals surface area contributed by atoms with Gasteiger partial charge in [-0.2, -0.15) is 0 Å². The molecule has 0 fully saturated rings. The van der Waals surface area contributed by atoms with E-state index in [2.05, 4.69) is 6.92 Å². The van der Waals surface area contributed by atoms with E-state index in [1.807, 2.05) is 84.3 Å². The fourth-order valence-corrected chi connectivity index (χ4v) is 5.43. The Morgan fingerprint density at radius 1 is 0.696 bits per heavy atom. The number of fused-ring (bicyclic) bond motifs is 2. The Kier molecular flexibility index (Phi) is 15.0. The molecule has 1 unspecified atom stereocenters. The minimum Gasteiger partial charge on any atom is -0.487 e. The summed E-state index contributed by atoms with van der Waals surface area (Å²) in [5.41, 5.74) is 1.32. The average Bonchev–Trinajstić information content (AvgIpc) is 3.10. The van der Waals surface area contributed by atoms with Crippen LogP contribution in [0.2, 0.25) is 0 Å². The van der Waals surface area contributed by atoms with Crippen LogP contribution in [0.15, 0.2) is 78.9 Å². The van der Waals surface area contributed by atoms with Crippen molar-refractivity contribution in [2.45, 2.75) is 76.4 Å². The number of rotatable bonds is 13. The Morgan fingerprint density at radius 3 is 1.70 bits per heavy atom. The predicted octanol–water partition coefficient (Wildman–Crippen LogP) is 7.25. The van der Waals surface area contributed by atoms with E-state index in [1.54, 1.807) is 0 Å². The molecule has 2 N–H and O–H groups in total. The fourth-order valence-electron chi connectivity index (χ4n) is 5.43. The lowest BCUT2D eigenvalue weighted by molar-refractivity contribution is -0.170. The highest BCUT2D eigenvalue weighted by Gasteiger charge is 2.41. The third-order valence-corrected chi connectivity index (χ3v) is 7.98. The van der Waals surface area contributed by atoms with Crippen LogP contribution < -0.4 is 24.4 Å². The van der Waals surface area contributed by atoms with Gasteiger partial charge in [-0.1, -0.05) is 113 Å². The number of hydrogen-bond donors (Lipinski definition) is 2. The van der Waals surface area contributed by atoms with Crippen molar-refractivity contribution < 1.29 is 38.4 Å². The Morgan fingerprint density at radius 2 is 1.17 bits per heavy atom. The molecule has 0 saturated heterocycles. The van der Waals surface area contributed by atoms with Crippen LogP contribution in [0.25, 0.3) is 0 Å². The highest BCUT2D eigenvalue weighted by atomic mass is 16.6. The lowest BCUT2D eigenvalue weighted by Crippen LogP contribution is -2.48. The molecule has 9 heteroatoms. The van der Waals surface area contributed by atoms with Crippen molar-refractivity contribution in [3.8, 4) is 23.0 Å². The summed E-state index contributed by atoms with van der Waals surface area (Å²) in [6.07, 6.45) is 8.42. The maximum absolute atomic E-state index is 13.1. The maximum atomic E-state index is 13.1. The molecule has 3 aromatic rings. The summed E-state index contributed by atoms with van der Waals surface area (Å²) >= 11 is 0. The molecule has 46 heavy (non-hydrogen) atoms. The fraction of sp³-hybridized carbons (Fsp3) is 0.486. The molecular weight excluding hydrogens is 586 g/mol. The number of para-hydroxylation sites is 4. The Bertz CT molecular complexity index is 1230. The highest BCUT2D eigenvalue weighted by molar-refractivity contribution is 5.79. The standard InChI is InChI=1S/C37H49NO8/c1-2-3-4-5-6-7-8-12-23-35(36(39)38-40)46-37(30-17-10-9-11-18-30)28-44-33-21-15-13-19-31(33)42-26-24-41-25-27-43-32-20-14-16-22-34(32)45-29-37/h9-11,13-22,35,40H,2-8,12,23-29H2,1H3,(H,38,39). The van der Waals surface area contributed by atoms with Crippen molar-refractivity contribution >= 4 is 5.91 Å². The van der Waals surface area contributed by atoms with Crippen LogP contribution in [0, 0.1) is 0 Å². The second-order valence-electron chi connectivity index (χ2n) is 11.5. The van der Waals surface area contributed by atoms with Gasteiger partial charge in [0, 0.05) is 0 Å². The lowest BCUT2D eigenvalue weighted by Gasteiger charge is -2.37. The van der Waals surface area contributed by atoms with Crippen molar-refractivity contribution in [2.24, 2.45) is 0 Å². The zero-order valence-corrected chi connectivity index (χ0v) is 27.0. The first-order chi connectivity index (χ1) is 22.6. The first-order valence-corrected chi connectivity index (χ1v) is 16.6. The van der Waals surface area contributed by atoms with Crippen molar-refractivity contribution in [3.63, 3.8) is 0 Å². The van der Waals surface area contributed by atoms with Crippen LogP contribution in [0.1, 0.15) is 70.3 Å². The number of nitrogens with one attached hydrogen (secondary N) is 1. The van der Waals surface area contributed by atoms with Gasteiger partial charge in [0.2, 0.25) is 0 Å². The third-order valence-electron chi connectivity index (χ3n) is 7.98. The molecule has 0 aliphatic carbocycles. The third kappa shape index (κ3) is 10.9. The predicted molar refractivity (Wildman–Crippen MR) is 176 cm³/mol. The Balaban J connectivity index is 1.64. The zero-order chi connectivity index (χ0) is 32.3. The Hall–Kier alpha value is -3.79. The molecule has 0 radical (unpaired) electrons. The molecule has 0 spiro atoms. The summed E-state index contributed by atoms with van der Waals surface area (Å²) < 4.78 is 37.4. The van der Waals surface area contributed by atoms with E-state index in [9.17, 15) is 10.0 Å². The molecule has 1 aliphatic heterocycles. The molecule has 1 amide bonds. The number of hydroxylamine groups is 1. The average molecular weight is 636 g/mol. The van der Waals surface area contributed by atoms with Gasteiger partial charge in [0.1, 0.15) is 32.5 Å². The van der Waals surface area contributed by atoms with E-state index >= 15 is 0 Å². The number of ether oxygens (including phenoxy) is 6.